The number of aromatic amines is 1. The quantitative estimate of drug-likeness (QED) is 0.597. The number of rotatable bonds is 6. The molecule has 2 heterocycles. The fourth-order valence-electron chi connectivity index (χ4n) is 2.95. The minimum Gasteiger partial charge on any atom is -0.461 e. The largest absolute Gasteiger partial charge is 0.461 e. The molecule has 2 aromatic rings. The minimum absolute atomic E-state index is 0.0674. The summed E-state index contributed by atoms with van der Waals surface area (Å²) in [6.07, 6.45) is 0. The van der Waals surface area contributed by atoms with Crippen molar-refractivity contribution in [1.82, 2.24) is 9.88 Å². The van der Waals surface area contributed by atoms with Gasteiger partial charge in [-0.15, -0.1) is 11.3 Å². The monoisotopic (exact) mass is 390 g/mol. The van der Waals surface area contributed by atoms with E-state index in [1.807, 2.05) is 32.2 Å². The van der Waals surface area contributed by atoms with Gasteiger partial charge >= 0.3 is 5.97 Å². The van der Waals surface area contributed by atoms with Crippen LogP contribution in [-0.4, -0.2) is 46.2 Å². The number of thiophene rings is 1. The van der Waals surface area contributed by atoms with Crippen molar-refractivity contribution in [2.75, 3.05) is 13.2 Å². The summed E-state index contributed by atoms with van der Waals surface area (Å²) in [4.78, 5) is 43.1. The molecule has 0 aliphatic carbocycles. The van der Waals surface area contributed by atoms with Gasteiger partial charge in [0.1, 0.15) is 5.69 Å². The number of aryl methyl sites for hydroxylation is 1. The number of amides is 1. The van der Waals surface area contributed by atoms with Crippen LogP contribution in [0.5, 0.6) is 0 Å². The van der Waals surface area contributed by atoms with E-state index in [2.05, 4.69) is 4.98 Å². The van der Waals surface area contributed by atoms with Gasteiger partial charge in [-0.3, -0.25) is 9.59 Å². The summed E-state index contributed by atoms with van der Waals surface area (Å²) in [5, 5.41) is 1.84. The van der Waals surface area contributed by atoms with Crippen LogP contribution in [0.3, 0.4) is 0 Å². The van der Waals surface area contributed by atoms with E-state index in [-0.39, 0.29) is 30.5 Å². The highest BCUT2D eigenvalue weighted by Crippen LogP contribution is 2.24. The fourth-order valence-corrected chi connectivity index (χ4v) is 3.62. The van der Waals surface area contributed by atoms with Gasteiger partial charge in [-0.05, 0) is 58.6 Å². The van der Waals surface area contributed by atoms with Gasteiger partial charge in [-0.1, -0.05) is 6.07 Å². The Hall–Kier alpha value is -2.41. The molecule has 0 saturated heterocycles. The Labute approximate surface area is 163 Å². The number of nitrogens with one attached hydrogen (secondary N) is 1. The number of ether oxygens (including phenoxy) is 1. The Morgan fingerprint density at radius 1 is 1.22 bits per heavy atom. The molecule has 0 aromatic carbocycles. The molecule has 0 aliphatic heterocycles. The SMILES string of the molecule is CCOC(=O)c1[nH]c(C)c(C(=O)CN(C(=O)c2cccs2)C(C)(C)C)c1C. The number of H-pyrrole nitrogens is 1. The average molecular weight is 391 g/mol. The molecule has 1 amide bonds. The van der Waals surface area contributed by atoms with Gasteiger partial charge in [0.05, 0.1) is 18.0 Å². The predicted octanol–water partition coefficient (Wildman–Crippen LogP) is 3.99. The van der Waals surface area contributed by atoms with Crippen LogP contribution in [0.25, 0.3) is 0 Å². The number of Topliss-reactive ketones (excluding diaryl/α,β-unsaturated/α-hetero) is 1. The molecule has 27 heavy (non-hydrogen) atoms. The molecular weight excluding hydrogens is 364 g/mol. The Balaban J connectivity index is 2.33. The smallest absolute Gasteiger partial charge is 0.355 e. The van der Waals surface area contributed by atoms with Crippen molar-refractivity contribution in [1.29, 1.82) is 0 Å². The van der Waals surface area contributed by atoms with Crippen LogP contribution in [0, 0.1) is 13.8 Å². The molecule has 146 valence electrons. The first kappa shape index (κ1) is 20.9. The molecular formula is C20H26N2O4S. The molecule has 0 saturated carbocycles. The van der Waals surface area contributed by atoms with Gasteiger partial charge in [-0.25, -0.2) is 4.79 Å². The number of ketones is 1. The van der Waals surface area contributed by atoms with Crippen molar-refractivity contribution < 1.29 is 19.1 Å². The van der Waals surface area contributed by atoms with Crippen LogP contribution in [-0.2, 0) is 4.74 Å². The third-order valence-corrected chi connectivity index (χ3v) is 5.14. The second-order valence-corrected chi connectivity index (χ2v) is 8.26. The number of carbonyl (C=O) groups is 3. The molecule has 0 radical (unpaired) electrons. The third-order valence-electron chi connectivity index (χ3n) is 4.28. The molecule has 1 N–H and O–H groups in total. The van der Waals surface area contributed by atoms with Gasteiger partial charge in [0.25, 0.3) is 5.91 Å². The number of esters is 1. The van der Waals surface area contributed by atoms with Crippen molar-refractivity contribution >= 4 is 29.0 Å². The molecule has 0 unspecified atom stereocenters. The maximum Gasteiger partial charge on any atom is 0.355 e. The van der Waals surface area contributed by atoms with Crippen LogP contribution < -0.4 is 0 Å². The van der Waals surface area contributed by atoms with Crippen molar-refractivity contribution in [3.63, 3.8) is 0 Å². The highest BCUT2D eigenvalue weighted by molar-refractivity contribution is 7.12. The predicted molar refractivity (Wildman–Crippen MR) is 106 cm³/mol. The normalized spacial score (nSPS) is 11.3. The van der Waals surface area contributed by atoms with Gasteiger partial charge in [0.2, 0.25) is 0 Å². The molecule has 0 bridgehead atoms. The summed E-state index contributed by atoms with van der Waals surface area (Å²) in [5.41, 5.74) is 1.33. The van der Waals surface area contributed by atoms with Crippen molar-refractivity contribution in [2.45, 2.75) is 47.1 Å². The van der Waals surface area contributed by atoms with Crippen molar-refractivity contribution in [2.24, 2.45) is 0 Å². The zero-order valence-corrected chi connectivity index (χ0v) is 17.5. The minimum atomic E-state index is -0.529. The molecule has 0 spiro atoms. The Morgan fingerprint density at radius 2 is 1.89 bits per heavy atom. The second kappa shape index (κ2) is 8.08. The van der Waals surface area contributed by atoms with Gasteiger partial charge < -0.3 is 14.6 Å². The summed E-state index contributed by atoms with van der Waals surface area (Å²) in [6, 6.07) is 3.56. The fraction of sp³-hybridized carbons (Fsp3) is 0.450. The molecule has 2 aromatic heterocycles. The molecule has 0 aliphatic rings. The third kappa shape index (κ3) is 4.47. The van der Waals surface area contributed by atoms with E-state index in [0.29, 0.717) is 21.7 Å². The maximum absolute atomic E-state index is 13.0. The van der Waals surface area contributed by atoms with Crippen molar-refractivity contribution in [3.05, 3.63) is 44.9 Å². The number of carbonyl (C=O) groups excluding carboxylic acids is 3. The van der Waals surface area contributed by atoms with Crippen LogP contribution in [0.1, 0.15) is 69.5 Å². The Morgan fingerprint density at radius 3 is 2.41 bits per heavy atom. The molecule has 0 atom stereocenters. The first-order chi connectivity index (χ1) is 12.6. The Bertz CT molecular complexity index is 844. The number of nitrogens with zero attached hydrogens (tertiary/aromatic N) is 1. The molecule has 7 heteroatoms. The number of aromatic nitrogens is 1. The van der Waals surface area contributed by atoms with E-state index >= 15 is 0 Å². The van der Waals surface area contributed by atoms with E-state index in [4.69, 9.17) is 4.74 Å². The molecule has 0 fully saturated rings. The lowest BCUT2D eigenvalue weighted by Crippen LogP contribution is -2.48. The van der Waals surface area contributed by atoms with E-state index in [0.717, 1.165) is 0 Å². The van der Waals surface area contributed by atoms with Gasteiger partial charge in [0.15, 0.2) is 5.78 Å². The van der Waals surface area contributed by atoms with E-state index in [9.17, 15) is 14.4 Å². The summed E-state index contributed by atoms with van der Waals surface area (Å²) in [6.45, 7) is 11.1. The standard InChI is InChI=1S/C20H26N2O4S/c1-7-26-19(25)17-12(2)16(13(3)21-17)14(23)11-22(20(4,5)6)18(24)15-9-8-10-27-15/h8-10,21H,7,11H2,1-6H3. The van der Waals surface area contributed by atoms with Crippen LogP contribution in [0.4, 0.5) is 0 Å². The van der Waals surface area contributed by atoms with Crippen molar-refractivity contribution in [3.8, 4) is 0 Å². The highest BCUT2D eigenvalue weighted by atomic mass is 32.1. The van der Waals surface area contributed by atoms with E-state index in [1.54, 1.807) is 31.7 Å². The molecule has 6 nitrogen and oxygen atoms in total. The first-order valence-electron chi connectivity index (χ1n) is 8.82. The van der Waals surface area contributed by atoms with Gasteiger partial charge in [-0.2, -0.15) is 0 Å². The number of hydrogen-bond acceptors (Lipinski definition) is 5. The van der Waals surface area contributed by atoms with Crippen LogP contribution in [0.2, 0.25) is 0 Å². The zero-order chi connectivity index (χ0) is 20.4. The van der Waals surface area contributed by atoms with Gasteiger partial charge in [0, 0.05) is 16.8 Å². The summed E-state index contributed by atoms with van der Waals surface area (Å²) >= 11 is 1.35. The van der Waals surface area contributed by atoms with Crippen LogP contribution in [0.15, 0.2) is 17.5 Å². The summed E-state index contributed by atoms with van der Waals surface area (Å²) < 4.78 is 5.03. The lowest BCUT2D eigenvalue weighted by atomic mass is 10.0. The lowest BCUT2D eigenvalue weighted by Gasteiger charge is -2.35. The topological polar surface area (TPSA) is 79.5 Å². The van der Waals surface area contributed by atoms with E-state index in [1.165, 1.54) is 11.3 Å². The van der Waals surface area contributed by atoms with E-state index < -0.39 is 11.5 Å². The highest BCUT2D eigenvalue weighted by Gasteiger charge is 2.32. The number of hydrogen-bond donors (Lipinski definition) is 1. The summed E-state index contributed by atoms with van der Waals surface area (Å²) in [5.74, 6) is -0.876. The molecule has 2 rings (SSSR count). The maximum atomic E-state index is 13.0. The lowest BCUT2D eigenvalue weighted by molar-refractivity contribution is 0.0517. The zero-order valence-electron chi connectivity index (χ0n) is 16.6. The first-order valence-corrected chi connectivity index (χ1v) is 9.70. The second-order valence-electron chi connectivity index (χ2n) is 7.31. The van der Waals surface area contributed by atoms with Crippen LogP contribution >= 0.6 is 11.3 Å². The average Bonchev–Trinajstić information content (AvgIpc) is 3.19. The summed E-state index contributed by atoms with van der Waals surface area (Å²) in [7, 11) is 0. The Kier molecular flexibility index (Phi) is 6.26.